The summed E-state index contributed by atoms with van der Waals surface area (Å²) in [5.74, 6) is -0.364. The molecule has 0 aliphatic heterocycles. The molecule has 0 aromatic carbocycles. The van der Waals surface area contributed by atoms with Gasteiger partial charge >= 0.3 is 5.97 Å². The van der Waals surface area contributed by atoms with Crippen LogP contribution < -0.4 is 0 Å². The van der Waals surface area contributed by atoms with Crippen molar-refractivity contribution in [3.05, 3.63) is 24.6 Å². The molecule has 11 heavy (non-hydrogen) atoms. The van der Waals surface area contributed by atoms with E-state index in [1.807, 2.05) is 14.1 Å². The Bertz CT molecular complexity index is 171. The van der Waals surface area contributed by atoms with E-state index >= 15 is 0 Å². The molecule has 0 saturated heterocycles. The third-order valence-electron chi connectivity index (χ3n) is 0.829. The SMILES string of the molecule is CC=COC(=O)C=CN(C)C. The highest BCUT2D eigenvalue weighted by molar-refractivity contribution is 5.82. The predicted octanol–water partition coefficient (Wildman–Crippen LogP) is 1.14. The Morgan fingerprint density at radius 2 is 2.09 bits per heavy atom. The highest BCUT2D eigenvalue weighted by atomic mass is 16.5. The minimum Gasteiger partial charge on any atom is -0.432 e. The Morgan fingerprint density at radius 3 is 2.55 bits per heavy atom. The first-order chi connectivity index (χ1) is 5.16. The van der Waals surface area contributed by atoms with Crippen LogP contribution in [0.3, 0.4) is 0 Å². The zero-order valence-corrected chi connectivity index (χ0v) is 7.07. The van der Waals surface area contributed by atoms with Crippen molar-refractivity contribution in [1.29, 1.82) is 0 Å². The van der Waals surface area contributed by atoms with Crippen molar-refractivity contribution >= 4 is 5.97 Å². The average molecular weight is 155 g/mol. The van der Waals surface area contributed by atoms with Crippen LogP contribution in [0.4, 0.5) is 0 Å². The van der Waals surface area contributed by atoms with Crippen molar-refractivity contribution in [3.8, 4) is 0 Å². The minimum atomic E-state index is -0.364. The third-order valence-corrected chi connectivity index (χ3v) is 0.829. The number of ether oxygens (including phenoxy) is 1. The minimum absolute atomic E-state index is 0.364. The maximum atomic E-state index is 10.7. The highest BCUT2D eigenvalue weighted by Crippen LogP contribution is 1.84. The lowest BCUT2D eigenvalue weighted by molar-refractivity contribution is -0.132. The summed E-state index contributed by atoms with van der Waals surface area (Å²) >= 11 is 0. The van der Waals surface area contributed by atoms with Gasteiger partial charge in [-0.05, 0) is 6.92 Å². The summed E-state index contributed by atoms with van der Waals surface area (Å²) in [4.78, 5) is 12.5. The van der Waals surface area contributed by atoms with Gasteiger partial charge in [0, 0.05) is 26.4 Å². The van der Waals surface area contributed by atoms with Crippen molar-refractivity contribution in [2.75, 3.05) is 14.1 Å². The molecule has 0 atom stereocenters. The van der Waals surface area contributed by atoms with E-state index in [4.69, 9.17) is 0 Å². The fourth-order valence-electron chi connectivity index (χ4n) is 0.384. The molecule has 0 aromatic heterocycles. The summed E-state index contributed by atoms with van der Waals surface area (Å²) in [6.45, 7) is 1.78. The van der Waals surface area contributed by atoms with E-state index in [2.05, 4.69) is 4.74 Å². The first kappa shape index (κ1) is 9.75. The van der Waals surface area contributed by atoms with E-state index in [1.165, 1.54) is 12.3 Å². The average Bonchev–Trinajstić information content (AvgIpc) is 1.97. The Morgan fingerprint density at radius 1 is 1.45 bits per heavy atom. The molecule has 0 aliphatic rings. The lowest BCUT2D eigenvalue weighted by Gasteiger charge is -2.01. The number of esters is 1. The molecule has 0 radical (unpaired) electrons. The van der Waals surface area contributed by atoms with Crippen molar-refractivity contribution in [2.45, 2.75) is 6.92 Å². The topological polar surface area (TPSA) is 29.5 Å². The Hall–Kier alpha value is -1.25. The standard InChI is InChI=1S/C8H13NO2/c1-4-7-11-8(10)5-6-9(2)3/h4-7H,1-3H3. The van der Waals surface area contributed by atoms with E-state index in [1.54, 1.807) is 24.1 Å². The van der Waals surface area contributed by atoms with E-state index in [0.29, 0.717) is 0 Å². The molecular weight excluding hydrogens is 142 g/mol. The van der Waals surface area contributed by atoms with Gasteiger partial charge < -0.3 is 9.64 Å². The maximum Gasteiger partial charge on any atom is 0.337 e. The second-order valence-corrected chi connectivity index (χ2v) is 2.19. The largest absolute Gasteiger partial charge is 0.432 e. The van der Waals surface area contributed by atoms with Crippen LogP contribution in [0, 0.1) is 0 Å². The molecule has 0 spiro atoms. The summed E-state index contributed by atoms with van der Waals surface area (Å²) in [5, 5.41) is 0. The van der Waals surface area contributed by atoms with Gasteiger partial charge in [0.05, 0.1) is 6.26 Å². The zero-order chi connectivity index (χ0) is 8.69. The van der Waals surface area contributed by atoms with Gasteiger partial charge in [-0.1, -0.05) is 6.08 Å². The monoisotopic (exact) mass is 155 g/mol. The van der Waals surface area contributed by atoms with Gasteiger partial charge in [-0.3, -0.25) is 0 Å². The fourth-order valence-corrected chi connectivity index (χ4v) is 0.384. The molecule has 0 heterocycles. The first-order valence-corrected chi connectivity index (χ1v) is 3.33. The zero-order valence-electron chi connectivity index (χ0n) is 7.07. The predicted molar refractivity (Wildman–Crippen MR) is 43.7 cm³/mol. The van der Waals surface area contributed by atoms with E-state index in [-0.39, 0.29) is 5.97 Å². The molecule has 0 N–H and O–H groups in total. The van der Waals surface area contributed by atoms with Crippen molar-refractivity contribution in [2.24, 2.45) is 0 Å². The molecule has 0 bridgehead atoms. The summed E-state index contributed by atoms with van der Waals surface area (Å²) in [5.41, 5.74) is 0. The molecule has 0 amide bonds. The number of nitrogens with zero attached hydrogens (tertiary/aromatic N) is 1. The number of carbonyl (C=O) groups is 1. The van der Waals surface area contributed by atoms with Gasteiger partial charge in [0.1, 0.15) is 0 Å². The summed E-state index contributed by atoms with van der Waals surface area (Å²) in [7, 11) is 3.67. The number of hydrogen-bond acceptors (Lipinski definition) is 3. The molecule has 0 unspecified atom stereocenters. The molecule has 62 valence electrons. The molecule has 0 saturated carbocycles. The van der Waals surface area contributed by atoms with Crippen molar-refractivity contribution < 1.29 is 9.53 Å². The molecule has 3 nitrogen and oxygen atoms in total. The van der Waals surface area contributed by atoms with Crippen molar-refractivity contribution in [1.82, 2.24) is 4.90 Å². The second kappa shape index (κ2) is 5.53. The number of hydrogen-bond donors (Lipinski definition) is 0. The summed E-state index contributed by atoms with van der Waals surface area (Å²) in [6, 6.07) is 0. The van der Waals surface area contributed by atoms with Gasteiger partial charge in [0.2, 0.25) is 0 Å². The molecule has 3 heteroatoms. The first-order valence-electron chi connectivity index (χ1n) is 3.33. The van der Waals surface area contributed by atoms with E-state index in [0.717, 1.165) is 0 Å². The van der Waals surface area contributed by atoms with E-state index < -0.39 is 0 Å². The van der Waals surface area contributed by atoms with Gasteiger partial charge in [-0.2, -0.15) is 0 Å². The van der Waals surface area contributed by atoms with Crippen LogP contribution in [0.25, 0.3) is 0 Å². The lowest BCUT2D eigenvalue weighted by atomic mass is 10.6. The third kappa shape index (κ3) is 6.64. The lowest BCUT2D eigenvalue weighted by Crippen LogP contribution is -2.03. The molecular formula is C8H13NO2. The maximum absolute atomic E-state index is 10.7. The smallest absolute Gasteiger partial charge is 0.337 e. The number of rotatable bonds is 3. The van der Waals surface area contributed by atoms with Crippen molar-refractivity contribution in [3.63, 3.8) is 0 Å². The Balaban J connectivity index is 3.69. The number of allylic oxidation sites excluding steroid dienone is 1. The van der Waals surface area contributed by atoms with Crippen LogP contribution in [-0.4, -0.2) is 25.0 Å². The van der Waals surface area contributed by atoms with Crippen LogP contribution in [0.1, 0.15) is 6.92 Å². The Kier molecular flexibility index (Phi) is 4.90. The molecule has 0 rings (SSSR count). The van der Waals surface area contributed by atoms with Gasteiger partial charge in [-0.25, -0.2) is 4.79 Å². The van der Waals surface area contributed by atoms with Crippen LogP contribution in [0.5, 0.6) is 0 Å². The number of carbonyl (C=O) groups excluding carboxylic acids is 1. The second-order valence-electron chi connectivity index (χ2n) is 2.19. The summed E-state index contributed by atoms with van der Waals surface area (Å²) in [6.07, 6.45) is 6.00. The normalized spacial score (nSPS) is 10.8. The van der Waals surface area contributed by atoms with Gasteiger partial charge in [0.25, 0.3) is 0 Å². The fraction of sp³-hybridized carbons (Fsp3) is 0.375. The van der Waals surface area contributed by atoms with Gasteiger partial charge in [-0.15, -0.1) is 0 Å². The van der Waals surface area contributed by atoms with Crippen LogP contribution >= 0.6 is 0 Å². The molecule has 0 aromatic rings. The van der Waals surface area contributed by atoms with Crippen LogP contribution in [-0.2, 0) is 9.53 Å². The van der Waals surface area contributed by atoms with E-state index in [9.17, 15) is 4.79 Å². The Labute approximate surface area is 66.9 Å². The van der Waals surface area contributed by atoms with Crippen LogP contribution in [0.2, 0.25) is 0 Å². The van der Waals surface area contributed by atoms with Crippen LogP contribution in [0.15, 0.2) is 24.6 Å². The van der Waals surface area contributed by atoms with Gasteiger partial charge in [0.15, 0.2) is 0 Å². The molecule has 0 fully saturated rings. The quantitative estimate of drug-likeness (QED) is 0.348. The highest BCUT2D eigenvalue weighted by Gasteiger charge is 1.90. The summed E-state index contributed by atoms with van der Waals surface area (Å²) < 4.78 is 4.61. The molecule has 0 aliphatic carbocycles.